The Morgan fingerprint density at radius 1 is 0.725 bits per heavy atom. The van der Waals surface area contributed by atoms with Crippen LogP contribution in [0, 0.1) is 12.3 Å². The summed E-state index contributed by atoms with van der Waals surface area (Å²) in [7, 11) is 0. The van der Waals surface area contributed by atoms with E-state index in [4.69, 9.17) is 14.5 Å². The van der Waals surface area contributed by atoms with Gasteiger partial charge in [0.1, 0.15) is 13.2 Å². The highest BCUT2D eigenvalue weighted by molar-refractivity contribution is 5.74. The van der Waals surface area contributed by atoms with Gasteiger partial charge in [0.2, 0.25) is 11.8 Å². The zero-order chi connectivity index (χ0) is 27.2. The fraction of sp³-hybridized carbons (Fsp3) is 0.343. The van der Waals surface area contributed by atoms with Gasteiger partial charge in [-0.15, -0.1) is 0 Å². The van der Waals surface area contributed by atoms with Crippen molar-refractivity contribution in [3.05, 3.63) is 108 Å². The summed E-state index contributed by atoms with van der Waals surface area (Å²) in [5.41, 5.74) is 7.43. The Balaban J connectivity index is 1.21. The normalized spacial score (nSPS) is 16.6. The monoisotopic (exact) mass is 533 g/mol. The van der Waals surface area contributed by atoms with Gasteiger partial charge < -0.3 is 19.7 Å². The van der Waals surface area contributed by atoms with E-state index in [0.717, 1.165) is 35.3 Å². The Kier molecular flexibility index (Phi) is 8.01. The van der Waals surface area contributed by atoms with Crippen LogP contribution >= 0.6 is 0 Å². The molecule has 0 radical (unpaired) electrons. The number of hydrogen-bond donors (Lipinski definition) is 1. The summed E-state index contributed by atoms with van der Waals surface area (Å²) in [6.07, 6.45) is 5.23. The van der Waals surface area contributed by atoms with Gasteiger partial charge in [0, 0.05) is 30.4 Å². The standard InChI is InChI=1S/C35H39N3O2/c1-27-24-30(38-22-18-35(19-23-38)16-20-36-21-17-35)12-13-31(27)32-14-15-33(39-25-28-8-4-2-5-9-28)37-34(32)40-26-29-10-6-3-7-11-29/h2-15,24,36H,16-23,25-26H2,1H3. The predicted molar refractivity (Wildman–Crippen MR) is 162 cm³/mol. The molecule has 2 aliphatic rings. The van der Waals surface area contributed by atoms with Gasteiger partial charge in [-0.3, -0.25) is 0 Å². The zero-order valence-corrected chi connectivity index (χ0v) is 23.4. The second-order valence-electron chi connectivity index (χ2n) is 11.3. The number of pyridine rings is 1. The van der Waals surface area contributed by atoms with Gasteiger partial charge in [-0.2, -0.15) is 4.98 Å². The molecule has 2 aliphatic heterocycles. The minimum atomic E-state index is 0.450. The van der Waals surface area contributed by atoms with Gasteiger partial charge in [0.05, 0.1) is 0 Å². The van der Waals surface area contributed by atoms with E-state index in [1.54, 1.807) is 0 Å². The minimum absolute atomic E-state index is 0.450. The van der Waals surface area contributed by atoms with Crippen LogP contribution in [0.2, 0.25) is 0 Å². The summed E-state index contributed by atoms with van der Waals surface area (Å²) in [5.74, 6) is 1.15. The number of benzene rings is 3. The number of anilines is 1. The third kappa shape index (κ3) is 6.15. The van der Waals surface area contributed by atoms with Crippen molar-refractivity contribution in [3.63, 3.8) is 0 Å². The highest BCUT2D eigenvalue weighted by Crippen LogP contribution is 2.41. The van der Waals surface area contributed by atoms with Crippen molar-refractivity contribution in [2.75, 3.05) is 31.1 Å². The molecule has 0 bridgehead atoms. The average Bonchev–Trinajstić information content (AvgIpc) is 3.01. The van der Waals surface area contributed by atoms with Crippen LogP contribution in [0.1, 0.15) is 42.4 Å². The number of nitrogens with one attached hydrogen (secondary N) is 1. The van der Waals surface area contributed by atoms with E-state index < -0.39 is 0 Å². The first-order valence-corrected chi connectivity index (χ1v) is 14.6. The van der Waals surface area contributed by atoms with Gasteiger partial charge in [-0.1, -0.05) is 66.7 Å². The lowest BCUT2D eigenvalue weighted by molar-refractivity contribution is 0.155. The molecule has 1 N–H and O–H groups in total. The Morgan fingerprint density at radius 3 is 2.00 bits per heavy atom. The Morgan fingerprint density at radius 2 is 1.35 bits per heavy atom. The molecule has 0 saturated carbocycles. The maximum atomic E-state index is 6.33. The molecular weight excluding hydrogens is 494 g/mol. The number of nitrogens with zero attached hydrogens (tertiary/aromatic N) is 2. The van der Waals surface area contributed by atoms with E-state index in [1.165, 1.54) is 50.0 Å². The van der Waals surface area contributed by atoms with Crippen molar-refractivity contribution in [3.8, 4) is 22.9 Å². The number of aryl methyl sites for hydroxylation is 1. The van der Waals surface area contributed by atoms with Gasteiger partial charge in [-0.05, 0) is 91.6 Å². The van der Waals surface area contributed by atoms with E-state index in [2.05, 4.69) is 65.7 Å². The molecule has 40 heavy (non-hydrogen) atoms. The molecule has 5 nitrogen and oxygen atoms in total. The van der Waals surface area contributed by atoms with E-state index in [1.807, 2.05) is 42.5 Å². The van der Waals surface area contributed by atoms with Crippen LogP contribution < -0.4 is 19.7 Å². The van der Waals surface area contributed by atoms with Crippen molar-refractivity contribution in [1.82, 2.24) is 10.3 Å². The molecule has 2 saturated heterocycles. The van der Waals surface area contributed by atoms with Crippen LogP contribution in [-0.2, 0) is 13.2 Å². The van der Waals surface area contributed by atoms with Crippen molar-refractivity contribution < 1.29 is 9.47 Å². The number of hydrogen-bond acceptors (Lipinski definition) is 5. The number of ether oxygens (including phenoxy) is 2. The summed E-state index contributed by atoms with van der Waals surface area (Å²) in [6.45, 7) is 7.73. The topological polar surface area (TPSA) is 46.6 Å². The lowest BCUT2D eigenvalue weighted by Gasteiger charge is -2.45. The molecule has 0 unspecified atom stereocenters. The highest BCUT2D eigenvalue weighted by Gasteiger charge is 2.35. The first-order valence-electron chi connectivity index (χ1n) is 14.6. The van der Waals surface area contributed by atoms with Crippen molar-refractivity contribution >= 4 is 5.69 Å². The SMILES string of the molecule is Cc1cc(N2CCC3(CCNCC3)CC2)ccc1-c1ccc(OCc2ccccc2)nc1OCc1ccccc1. The minimum Gasteiger partial charge on any atom is -0.473 e. The summed E-state index contributed by atoms with van der Waals surface area (Å²) >= 11 is 0. The second-order valence-corrected chi connectivity index (χ2v) is 11.3. The van der Waals surface area contributed by atoms with Crippen LogP contribution in [0.3, 0.4) is 0 Å². The Hall–Kier alpha value is -3.83. The predicted octanol–water partition coefficient (Wildman–Crippen LogP) is 7.19. The van der Waals surface area contributed by atoms with Gasteiger partial charge in [0.15, 0.2) is 0 Å². The van der Waals surface area contributed by atoms with Crippen LogP contribution in [0.5, 0.6) is 11.8 Å². The molecule has 0 amide bonds. The molecule has 2 fully saturated rings. The van der Waals surface area contributed by atoms with Crippen molar-refractivity contribution in [2.24, 2.45) is 5.41 Å². The van der Waals surface area contributed by atoms with Crippen LogP contribution in [-0.4, -0.2) is 31.2 Å². The van der Waals surface area contributed by atoms with Crippen LogP contribution in [0.25, 0.3) is 11.1 Å². The van der Waals surface area contributed by atoms with E-state index in [9.17, 15) is 0 Å². The summed E-state index contributed by atoms with van der Waals surface area (Å²) in [6, 6.07) is 31.2. The molecule has 1 aromatic heterocycles. The zero-order valence-electron chi connectivity index (χ0n) is 23.4. The first-order chi connectivity index (χ1) is 19.7. The maximum absolute atomic E-state index is 6.33. The van der Waals surface area contributed by atoms with Crippen molar-refractivity contribution in [2.45, 2.75) is 45.8 Å². The van der Waals surface area contributed by atoms with Gasteiger partial charge in [0.25, 0.3) is 0 Å². The molecule has 6 rings (SSSR count). The number of aromatic nitrogens is 1. The third-order valence-corrected chi connectivity index (χ3v) is 8.64. The second kappa shape index (κ2) is 12.1. The highest BCUT2D eigenvalue weighted by atomic mass is 16.5. The molecule has 5 heteroatoms. The fourth-order valence-corrected chi connectivity index (χ4v) is 6.12. The molecular formula is C35H39N3O2. The van der Waals surface area contributed by atoms with E-state index in [-0.39, 0.29) is 0 Å². The number of piperidine rings is 2. The van der Waals surface area contributed by atoms with Gasteiger partial charge >= 0.3 is 0 Å². The third-order valence-electron chi connectivity index (χ3n) is 8.64. The van der Waals surface area contributed by atoms with Crippen molar-refractivity contribution in [1.29, 1.82) is 0 Å². The smallest absolute Gasteiger partial charge is 0.225 e. The van der Waals surface area contributed by atoms with E-state index >= 15 is 0 Å². The summed E-state index contributed by atoms with van der Waals surface area (Å²) in [5, 5.41) is 3.53. The van der Waals surface area contributed by atoms with Crippen LogP contribution in [0.15, 0.2) is 91.0 Å². The first kappa shape index (κ1) is 26.4. The molecule has 0 atom stereocenters. The summed E-state index contributed by atoms with van der Waals surface area (Å²) in [4.78, 5) is 7.39. The average molecular weight is 534 g/mol. The lowest BCUT2D eigenvalue weighted by atomic mass is 9.71. The summed E-state index contributed by atoms with van der Waals surface area (Å²) < 4.78 is 12.4. The Bertz CT molecular complexity index is 1390. The Labute approximate surface area is 238 Å². The maximum Gasteiger partial charge on any atom is 0.225 e. The van der Waals surface area contributed by atoms with Crippen LogP contribution in [0.4, 0.5) is 5.69 Å². The fourth-order valence-electron chi connectivity index (χ4n) is 6.12. The van der Waals surface area contributed by atoms with E-state index in [0.29, 0.717) is 30.4 Å². The molecule has 3 heterocycles. The largest absolute Gasteiger partial charge is 0.473 e. The lowest BCUT2D eigenvalue weighted by Crippen LogP contribution is -2.45. The molecule has 0 aliphatic carbocycles. The quantitative estimate of drug-likeness (QED) is 0.260. The molecule has 206 valence electrons. The molecule has 3 aromatic carbocycles. The molecule has 4 aromatic rings. The molecule has 1 spiro atoms. The number of rotatable bonds is 8. The van der Waals surface area contributed by atoms with Gasteiger partial charge in [-0.25, -0.2) is 0 Å².